The van der Waals surface area contributed by atoms with Gasteiger partial charge in [-0.3, -0.25) is 9.69 Å². The number of alkyl halides is 3. The summed E-state index contributed by atoms with van der Waals surface area (Å²) in [6.07, 6.45) is 1.23. The highest BCUT2D eigenvalue weighted by Gasteiger charge is 2.41. The molecule has 5 nitrogen and oxygen atoms in total. The molecule has 37 heavy (non-hydrogen) atoms. The predicted octanol–water partition coefficient (Wildman–Crippen LogP) is 6.65. The van der Waals surface area contributed by atoms with E-state index in [1.165, 1.54) is 6.07 Å². The molecule has 2 fully saturated rings. The van der Waals surface area contributed by atoms with Gasteiger partial charge in [-0.15, -0.1) is 13.2 Å². The van der Waals surface area contributed by atoms with Crippen molar-refractivity contribution in [1.82, 2.24) is 4.90 Å². The number of carbonyl (C=O) groups is 1. The van der Waals surface area contributed by atoms with Crippen LogP contribution in [0.5, 0.6) is 11.5 Å². The zero-order valence-corrected chi connectivity index (χ0v) is 21.3. The second-order valence-corrected chi connectivity index (χ2v) is 11.0. The summed E-state index contributed by atoms with van der Waals surface area (Å²) in [7, 11) is 0. The SMILES string of the molecule is CC(Cc1ccc2c(c1)OC1(CC2)CCN(C(C)c2cc(C3CC3)ccc2OC(F)(F)F)CC1)C(=O)O. The minimum atomic E-state index is -4.73. The molecule has 2 atom stereocenters. The first kappa shape index (κ1) is 25.9. The number of benzene rings is 2. The lowest BCUT2D eigenvalue weighted by molar-refractivity contribution is -0.275. The molecule has 200 valence electrons. The fraction of sp³-hybridized carbons (Fsp3) is 0.552. The number of hydrogen-bond donors (Lipinski definition) is 1. The third kappa shape index (κ3) is 5.89. The van der Waals surface area contributed by atoms with Crippen molar-refractivity contribution in [3.05, 3.63) is 58.7 Å². The highest BCUT2D eigenvalue weighted by atomic mass is 19.4. The second-order valence-electron chi connectivity index (χ2n) is 11.0. The van der Waals surface area contributed by atoms with Gasteiger partial charge in [0, 0.05) is 24.7 Å². The van der Waals surface area contributed by atoms with Crippen LogP contribution >= 0.6 is 0 Å². The van der Waals surface area contributed by atoms with Crippen LogP contribution in [0.3, 0.4) is 0 Å². The van der Waals surface area contributed by atoms with E-state index in [2.05, 4.69) is 9.64 Å². The van der Waals surface area contributed by atoms with Gasteiger partial charge in [0.2, 0.25) is 0 Å². The predicted molar refractivity (Wildman–Crippen MR) is 133 cm³/mol. The van der Waals surface area contributed by atoms with Gasteiger partial charge in [0.05, 0.1) is 5.92 Å². The summed E-state index contributed by atoms with van der Waals surface area (Å²) in [5, 5.41) is 9.25. The fourth-order valence-electron chi connectivity index (χ4n) is 5.76. The van der Waals surface area contributed by atoms with Gasteiger partial charge in [-0.05, 0) is 86.6 Å². The molecule has 3 aliphatic rings. The molecule has 0 bridgehead atoms. The smallest absolute Gasteiger partial charge is 0.487 e. The van der Waals surface area contributed by atoms with Crippen LogP contribution in [0, 0.1) is 5.92 Å². The molecular formula is C29H34F3NO4. The maximum absolute atomic E-state index is 13.1. The number of rotatable bonds is 7. The van der Waals surface area contributed by atoms with Crippen LogP contribution in [0.2, 0.25) is 0 Å². The highest BCUT2D eigenvalue weighted by molar-refractivity contribution is 5.70. The van der Waals surface area contributed by atoms with Crippen molar-refractivity contribution in [2.24, 2.45) is 5.92 Å². The summed E-state index contributed by atoms with van der Waals surface area (Å²) < 4.78 is 50.3. The number of fused-ring (bicyclic) bond motifs is 1. The van der Waals surface area contributed by atoms with Gasteiger partial charge in [0.25, 0.3) is 0 Å². The normalized spacial score (nSPS) is 21.1. The van der Waals surface area contributed by atoms with Crippen LogP contribution in [-0.2, 0) is 17.6 Å². The minimum absolute atomic E-state index is 0.115. The molecular weight excluding hydrogens is 483 g/mol. The van der Waals surface area contributed by atoms with Crippen LogP contribution in [0.25, 0.3) is 0 Å². The quantitative estimate of drug-likeness (QED) is 0.446. The Morgan fingerprint density at radius 2 is 1.86 bits per heavy atom. The van der Waals surface area contributed by atoms with Crippen molar-refractivity contribution in [2.75, 3.05) is 13.1 Å². The summed E-state index contributed by atoms with van der Waals surface area (Å²) in [5.74, 6) is -0.126. The first-order valence-electron chi connectivity index (χ1n) is 13.2. The molecule has 2 heterocycles. The highest BCUT2D eigenvalue weighted by Crippen LogP contribution is 2.45. The maximum Gasteiger partial charge on any atom is 0.573 e. The summed E-state index contributed by atoms with van der Waals surface area (Å²) in [5.41, 5.74) is 3.46. The number of aliphatic carboxylic acids is 1. The summed E-state index contributed by atoms with van der Waals surface area (Å²) in [6.45, 7) is 5.09. The van der Waals surface area contributed by atoms with Gasteiger partial charge in [-0.2, -0.15) is 0 Å². The number of hydrogen-bond acceptors (Lipinski definition) is 4. The zero-order chi connectivity index (χ0) is 26.4. The topological polar surface area (TPSA) is 59.0 Å². The first-order chi connectivity index (χ1) is 17.5. The Balaban J connectivity index is 1.28. The third-order valence-corrected chi connectivity index (χ3v) is 8.29. The Kier molecular flexibility index (Phi) is 6.90. The number of halogens is 3. The number of nitrogens with zero attached hydrogens (tertiary/aromatic N) is 1. The van der Waals surface area contributed by atoms with E-state index in [0.717, 1.165) is 61.0 Å². The minimum Gasteiger partial charge on any atom is -0.487 e. The summed E-state index contributed by atoms with van der Waals surface area (Å²) >= 11 is 0. The van der Waals surface area contributed by atoms with Crippen molar-refractivity contribution in [1.29, 1.82) is 0 Å². The van der Waals surface area contributed by atoms with E-state index in [-0.39, 0.29) is 17.4 Å². The number of ether oxygens (including phenoxy) is 2. The lowest BCUT2D eigenvalue weighted by Crippen LogP contribution is -2.50. The van der Waals surface area contributed by atoms with Crippen LogP contribution in [-0.4, -0.2) is 41.0 Å². The largest absolute Gasteiger partial charge is 0.573 e. The van der Waals surface area contributed by atoms with Gasteiger partial charge >= 0.3 is 12.3 Å². The van der Waals surface area contributed by atoms with Crippen molar-refractivity contribution >= 4 is 5.97 Å². The summed E-state index contributed by atoms with van der Waals surface area (Å²) in [6, 6.07) is 10.9. The van der Waals surface area contributed by atoms with Crippen LogP contribution in [0.15, 0.2) is 36.4 Å². The zero-order valence-electron chi connectivity index (χ0n) is 21.3. The molecule has 5 rings (SSSR count). The van der Waals surface area contributed by atoms with E-state index < -0.39 is 18.2 Å². The van der Waals surface area contributed by atoms with Crippen molar-refractivity contribution in [3.63, 3.8) is 0 Å². The van der Waals surface area contributed by atoms with Crippen LogP contribution in [0.4, 0.5) is 13.2 Å². The molecule has 0 radical (unpaired) electrons. The Hall–Kier alpha value is -2.74. The Morgan fingerprint density at radius 3 is 2.51 bits per heavy atom. The molecule has 1 N–H and O–H groups in total. The Morgan fingerprint density at radius 1 is 1.14 bits per heavy atom. The molecule has 1 saturated heterocycles. The lowest BCUT2D eigenvalue weighted by Gasteiger charge is -2.46. The maximum atomic E-state index is 13.1. The van der Waals surface area contributed by atoms with Crippen molar-refractivity contribution in [2.45, 2.75) is 82.7 Å². The van der Waals surface area contributed by atoms with E-state index in [4.69, 9.17) is 4.74 Å². The molecule has 2 aromatic carbocycles. The number of piperidine rings is 1. The molecule has 2 unspecified atom stereocenters. The molecule has 2 aromatic rings. The number of carboxylic acid groups (broad SMARTS) is 1. The number of aryl methyl sites for hydroxylation is 1. The van der Waals surface area contributed by atoms with Gasteiger partial charge in [-0.1, -0.05) is 31.2 Å². The Labute approximate surface area is 215 Å². The van der Waals surface area contributed by atoms with Gasteiger partial charge < -0.3 is 14.6 Å². The Bertz CT molecular complexity index is 1150. The van der Waals surface area contributed by atoms with Gasteiger partial charge in [0.1, 0.15) is 17.1 Å². The van der Waals surface area contributed by atoms with Crippen LogP contribution in [0.1, 0.15) is 80.2 Å². The molecule has 0 aromatic heterocycles. The van der Waals surface area contributed by atoms with E-state index in [1.54, 1.807) is 13.0 Å². The number of carboxylic acids is 1. The van der Waals surface area contributed by atoms with Gasteiger partial charge in [-0.25, -0.2) is 0 Å². The van der Waals surface area contributed by atoms with Crippen molar-refractivity contribution < 1.29 is 32.5 Å². The lowest BCUT2D eigenvalue weighted by atomic mass is 9.82. The fourth-order valence-corrected chi connectivity index (χ4v) is 5.76. The average Bonchev–Trinajstić information content (AvgIpc) is 3.69. The van der Waals surface area contributed by atoms with E-state index in [0.29, 0.717) is 31.0 Å². The molecule has 1 aliphatic carbocycles. The second kappa shape index (κ2) is 9.86. The number of likely N-dealkylation sites (tertiary alicyclic amines) is 1. The average molecular weight is 518 g/mol. The molecule has 8 heteroatoms. The van der Waals surface area contributed by atoms with E-state index in [9.17, 15) is 23.1 Å². The molecule has 0 amide bonds. The van der Waals surface area contributed by atoms with Crippen molar-refractivity contribution in [3.8, 4) is 11.5 Å². The van der Waals surface area contributed by atoms with E-state index in [1.807, 2.05) is 31.2 Å². The monoisotopic (exact) mass is 517 g/mol. The van der Waals surface area contributed by atoms with Gasteiger partial charge in [0.15, 0.2) is 0 Å². The molecule has 1 spiro atoms. The molecule has 2 aliphatic heterocycles. The third-order valence-electron chi connectivity index (χ3n) is 8.29. The first-order valence-corrected chi connectivity index (χ1v) is 13.2. The van der Waals surface area contributed by atoms with E-state index >= 15 is 0 Å². The standard InChI is InChI=1S/C29H34F3NO4/c1-18(27(34)35)15-20-3-4-22-9-10-28(36-26(22)16-20)11-13-33(14-12-28)19(2)24-17-23(21-5-6-21)7-8-25(24)37-29(30,31)32/h3-4,7-8,16-19,21H,5-6,9-15H2,1-2H3,(H,34,35). The summed E-state index contributed by atoms with van der Waals surface area (Å²) in [4.78, 5) is 13.5. The molecule has 1 saturated carbocycles. The van der Waals surface area contributed by atoms with Crippen LogP contribution < -0.4 is 9.47 Å².